The van der Waals surface area contributed by atoms with Crippen LogP contribution in [-0.2, 0) is 16.9 Å². The smallest absolute Gasteiger partial charge is 0.430 e. The first kappa shape index (κ1) is 34.0. The largest absolute Gasteiger partial charge is 0.497 e. The summed E-state index contributed by atoms with van der Waals surface area (Å²) in [5, 5.41) is 14.8. The van der Waals surface area contributed by atoms with Gasteiger partial charge < -0.3 is 24.5 Å². The van der Waals surface area contributed by atoms with Crippen molar-refractivity contribution >= 4 is 29.2 Å². The third-order valence-electron chi connectivity index (χ3n) is 8.14. The molecule has 1 unspecified atom stereocenters. The van der Waals surface area contributed by atoms with Crippen molar-refractivity contribution in [3.8, 4) is 5.75 Å². The van der Waals surface area contributed by atoms with Crippen LogP contribution in [0.4, 0.5) is 19.0 Å². The van der Waals surface area contributed by atoms with Gasteiger partial charge in [-0.2, -0.15) is 18.3 Å². The summed E-state index contributed by atoms with van der Waals surface area (Å²) in [4.78, 5) is 38.8. The minimum Gasteiger partial charge on any atom is -0.497 e. The Morgan fingerprint density at radius 3 is 2.47 bits per heavy atom. The molecule has 2 aromatic heterocycles. The lowest BCUT2D eigenvalue weighted by molar-refractivity contribution is -0.261. The van der Waals surface area contributed by atoms with Gasteiger partial charge in [-0.1, -0.05) is 23.7 Å². The Labute approximate surface area is 264 Å². The molecule has 1 N–H and O–H groups in total. The molecule has 0 radical (unpaired) electrons. The van der Waals surface area contributed by atoms with Gasteiger partial charge in [0.1, 0.15) is 29.4 Å². The third kappa shape index (κ3) is 7.85. The predicted octanol–water partition coefficient (Wildman–Crippen LogP) is 4.01. The number of ether oxygens (including phenoxy) is 1. The van der Waals surface area contributed by atoms with Crippen molar-refractivity contribution in [2.75, 3.05) is 52.3 Å². The fraction of sp³-hybridized carbons (Fsp3) is 0.500. The molecule has 0 spiro atoms. The number of anilines is 1. The van der Waals surface area contributed by atoms with Crippen LogP contribution in [0, 0.1) is 5.92 Å². The summed E-state index contributed by atoms with van der Waals surface area (Å²) in [6, 6.07) is 8.25. The van der Waals surface area contributed by atoms with Gasteiger partial charge in [-0.15, -0.1) is 0 Å². The Hall–Kier alpha value is -3.91. The van der Waals surface area contributed by atoms with Gasteiger partial charge >= 0.3 is 6.18 Å². The zero-order chi connectivity index (χ0) is 32.8. The zero-order valence-corrected chi connectivity index (χ0v) is 26.1. The molecule has 45 heavy (non-hydrogen) atoms. The highest BCUT2D eigenvalue weighted by Gasteiger charge is 2.61. The summed E-state index contributed by atoms with van der Waals surface area (Å²) in [5.41, 5.74) is -3.98. The van der Waals surface area contributed by atoms with E-state index in [1.807, 2.05) is 0 Å². The topological polar surface area (TPSA) is 117 Å². The van der Waals surface area contributed by atoms with Gasteiger partial charge in [0.25, 0.3) is 17.4 Å². The highest BCUT2D eigenvalue weighted by atomic mass is 35.5. The molecule has 0 aliphatic carbocycles. The van der Waals surface area contributed by atoms with Crippen molar-refractivity contribution in [3.05, 3.63) is 65.3 Å². The van der Waals surface area contributed by atoms with Crippen molar-refractivity contribution < 1.29 is 32.6 Å². The highest BCUT2D eigenvalue weighted by molar-refractivity contribution is 6.32. The number of hydrogen-bond acceptors (Lipinski definition) is 8. The molecule has 2 amide bonds. The standard InChI is InChI=1S/C30H37ClF3N7O4/c1-38(16-17-41-20-35-19-36-41)27(42)24-9-10-25(37-26(24)31)40-14-11-21(12-15-40)6-5-13-39(2)28(43)29(44,30(32,33)34)22-7-4-8-23(18-22)45-3/h4,7-10,18-21,44H,5-6,11-17H2,1-3H3. The van der Waals surface area contributed by atoms with Crippen LogP contribution in [0.5, 0.6) is 5.75 Å². The number of methoxy groups -OCH3 is 1. The molecule has 1 saturated heterocycles. The lowest BCUT2D eigenvalue weighted by atomic mass is 9.90. The number of carbonyl (C=O) groups excluding carboxylic acids is 2. The van der Waals surface area contributed by atoms with Crippen LogP contribution in [0.1, 0.15) is 41.6 Å². The summed E-state index contributed by atoms with van der Waals surface area (Å²) in [5.74, 6) is -0.626. The van der Waals surface area contributed by atoms with Crippen molar-refractivity contribution in [2.24, 2.45) is 5.92 Å². The molecule has 1 aliphatic heterocycles. The van der Waals surface area contributed by atoms with E-state index in [-0.39, 0.29) is 23.4 Å². The van der Waals surface area contributed by atoms with Gasteiger partial charge in [0.05, 0.1) is 19.2 Å². The van der Waals surface area contributed by atoms with Gasteiger partial charge in [0.15, 0.2) is 0 Å². The number of nitrogens with zero attached hydrogens (tertiary/aromatic N) is 7. The predicted molar refractivity (Wildman–Crippen MR) is 161 cm³/mol. The lowest BCUT2D eigenvalue weighted by Crippen LogP contribution is -2.55. The van der Waals surface area contributed by atoms with Crippen molar-refractivity contribution in [1.29, 1.82) is 0 Å². The number of aromatic nitrogens is 4. The molecule has 1 aliphatic rings. The molecular weight excluding hydrogens is 615 g/mol. The number of pyridine rings is 1. The van der Waals surface area contributed by atoms with E-state index < -0.39 is 23.2 Å². The van der Waals surface area contributed by atoms with Gasteiger partial charge in [0, 0.05) is 45.8 Å². The molecule has 15 heteroatoms. The van der Waals surface area contributed by atoms with E-state index in [2.05, 4.69) is 20.0 Å². The number of likely N-dealkylation sites (N-methyl/N-ethyl adjacent to an activating group) is 2. The number of carbonyl (C=O) groups is 2. The first-order chi connectivity index (χ1) is 21.3. The van der Waals surface area contributed by atoms with E-state index in [1.165, 1.54) is 32.6 Å². The average molecular weight is 652 g/mol. The Bertz CT molecular complexity index is 1450. The fourth-order valence-electron chi connectivity index (χ4n) is 5.37. The number of benzene rings is 1. The fourth-order valence-corrected chi connectivity index (χ4v) is 5.60. The van der Waals surface area contributed by atoms with Gasteiger partial charge in [-0.3, -0.25) is 14.3 Å². The molecule has 1 aromatic carbocycles. The number of alkyl halides is 3. The Morgan fingerprint density at radius 1 is 1.11 bits per heavy atom. The minimum absolute atomic E-state index is 0.0569. The molecule has 4 rings (SSSR count). The molecule has 11 nitrogen and oxygen atoms in total. The minimum atomic E-state index is -5.23. The lowest BCUT2D eigenvalue weighted by Gasteiger charge is -2.34. The normalized spacial score (nSPS) is 15.4. The monoisotopic (exact) mass is 651 g/mol. The molecule has 0 bridgehead atoms. The van der Waals surface area contributed by atoms with E-state index >= 15 is 0 Å². The molecule has 0 saturated carbocycles. The first-order valence-electron chi connectivity index (χ1n) is 14.5. The Morgan fingerprint density at radius 2 is 1.84 bits per heavy atom. The van der Waals surface area contributed by atoms with Crippen molar-refractivity contribution in [1.82, 2.24) is 29.5 Å². The van der Waals surface area contributed by atoms with Crippen LogP contribution >= 0.6 is 11.6 Å². The number of rotatable bonds is 12. The van der Waals surface area contributed by atoms with Crippen LogP contribution in [0.3, 0.4) is 0 Å². The van der Waals surface area contributed by atoms with Crippen LogP contribution < -0.4 is 9.64 Å². The molecule has 3 heterocycles. The summed E-state index contributed by atoms with van der Waals surface area (Å²) >= 11 is 6.41. The summed E-state index contributed by atoms with van der Waals surface area (Å²) < 4.78 is 48.8. The summed E-state index contributed by atoms with van der Waals surface area (Å²) in [6.45, 7) is 2.35. The second-order valence-electron chi connectivity index (χ2n) is 11.1. The number of piperidine rings is 1. The Kier molecular flexibility index (Phi) is 10.9. The van der Waals surface area contributed by atoms with Crippen LogP contribution in [0.15, 0.2) is 49.1 Å². The first-order valence-corrected chi connectivity index (χ1v) is 14.9. The zero-order valence-electron chi connectivity index (χ0n) is 25.4. The van der Waals surface area contributed by atoms with Gasteiger partial charge in [-0.25, -0.2) is 9.97 Å². The number of hydrogen-bond donors (Lipinski definition) is 1. The van der Waals surface area contributed by atoms with E-state index in [4.69, 9.17) is 16.3 Å². The third-order valence-corrected chi connectivity index (χ3v) is 8.43. The SMILES string of the molecule is COc1cccc(C(O)(C(=O)N(C)CCCC2CCN(c3ccc(C(=O)N(C)CCn4cncn4)c(Cl)n3)CC2)C(F)(F)F)c1. The highest BCUT2D eigenvalue weighted by Crippen LogP contribution is 2.41. The van der Waals surface area contributed by atoms with E-state index in [0.29, 0.717) is 56.3 Å². The quantitative estimate of drug-likeness (QED) is 0.292. The number of amides is 2. The van der Waals surface area contributed by atoms with Crippen molar-refractivity contribution in [3.63, 3.8) is 0 Å². The molecular formula is C30H37ClF3N7O4. The molecule has 244 valence electrons. The maximum Gasteiger partial charge on any atom is 0.430 e. The summed E-state index contributed by atoms with van der Waals surface area (Å²) in [7, 11) is 4.23. The van der Waals surface area contributed by atoms with Gasteiger partial charge in [0.2, 0.25) is 0 Å². The second kappa shape index (κ2) is 14.5. The Balaban J connectivity index is 1.26. The number of aliphatic hydroxyl groups is 1. The summed E-state index contributed by atoms with van der Waals surface area (Å²) in [6.07, 6.45) is 0.598. The van der Waals surface area contributed by atoms with Crippen LogP contribution in [-0.4, -0.2) is 100 Å². The molecule has 1 atom stereocenters. The maximum atomic E-state index is 14.0. The van der Waals surface area contributed by atoms with E-state index in [1.54, 1.807) is 35.1 Å². The average Bonchev–Trinajstić information content (AvgIpc) is 3.56. The molecule has 1 fully saturated rings. The second-order valence-corrected chi connectivity index (χ2v) is 11.5. The van der Waals surface area contributed by atoms with Crippen LogP contribution in [0.2, 0.25) is 5.15 Å². The van der Waals surface area contributed by atoms with Crippen LogP contribution in [0.25, 0.3) is 0 Å². The molecule has 3 aromatic rings. The van der Waals surface area contributed by atoms with Gasteiger partial charge in [-0.05, 0) is 55.9 Å². The number of halogens is 4. The van der Waals surface area contributed by atoms with E-state index in [0.717, 1.165) is 29.9 Å². The maximum absolute atomic E-state index is 14.0. The van der Waals surface area contributed by atoms with E-state index in [9.17, 15) is 27.9 Å². The van der Waals surface area contributed by atoms with Crippen molar-refractivity contribution in [2.45, 2.75) is 44.0 Å².